The molecule has 1 aliphatic carbocycles. The highest BCUT2D eigenvalue weighted by Crippen LogP contribution is 2.18. The highest BCUT2D eigenvalue weighted by Gasteiger charge is 2.23. The summed E-state index contributed by atoms with van der Waals surface area (Å²) in [5.74, 6) is -0.225. The van der Waals surface area contributed by atoms with Gasteiger partial charge in [0.05, 0.1) is 7.11 Å². The summed E-state index contributed by atoms with van der Waals surface area (Å²) in [6, 6.07) is 0.0939. The van der Waals surface area contributed by atoms with Crippen molar-refractivity contribution in [2.24, 2.45) is 0 Å². The maximum atomic E-state index is 11.6. The Morgan fingerprint density at radius 2 is 1.88 bits per heavy atom. The molecule has 1 unspecified atom stereocenters. The second kappa shape index (κ2) is 6.69. The normalized spacial score (nSPS) is 19.9. The van der Waals surface area contributed by atoms with E-state index in [9.17, 15) is 4.79 Å². The van der Waals surface area contributed by atoms with Crippen LogP contribution in [-0.4, -0.2) is 25.2 Å². The molecular weight excluding hydrogens is 202 g/mol. The maximum absolute atomic E-state index is 11.6. The SMILES string of the molecule is C=C(C)C(NC1CCCCCC1)C(=O)OC. The molecule has 0 heterocycles. The highest BCUT2D eigenvalue weighted by atomic mass is 16.5. The van der Waals surface area contributed by atoms with Gasteiger partial charge < -0.3 is 4.74 Å². The van der Waals surface area contributed by atoms with Crippen LogP contribution in [0, 0.1) is 0 Å². The third-order valence-electron chi connectivity index (χ3n) is 3.19. The largest absolute Gasteiger partial charge is 0.468 e. The van der Waals surface area contributed by atoms with E-state index >= 15 is 0 Å². The van der Waals surface area contributed by atoms with Gasteiger partial charge in [0, 0.05) is 6.04 Å². The zero-order chi connectivity index (χ0) is 12.0. The predicted molar refractivity (Wildman–Crippen MR) is 65.2 cm³/mol. The molecule has 1 rings (SSSR count). The fraction of sp³-hybridized carbons (Fsp3) is 0.769. The summed E-state index contributed by atoms with van der Waals surface area (Å²) in [7, 11) is 1.42. The van der Waals surface area contributed by atoms with Gasteiger partial charge in [-0.25, -0.2) is 0 Å². The Labute approximate surface area is 98.2 Å². The lowest BCUT2D eigenvalue weighted by atomic mass is 10.0. The van der Waals surface area contributed by atoms with Crippen LogP contribution in [0.25, 0.3) is 0 Å². The number of hydrogen-bond acceptors (Lipinski definition) is 3. The minimum atomic E-state index is -0.340. The fourth-order valence-electron chi connectivity index (χ4n) is 2.21. The average molecular weight is 225 g/mol. The van der Waals surface area contributed by atoms with Crippen molar-refractivity contribution < 1.29 is 9.53 Å². The Hall–Kier alpha value is -0.830. The van der Waals surface area contributed by atoms with Crippen molar-refractivity contribution in [2.45, 2.75) is 57.5 Å². The summed E-state index contributed by atoms with van der Waals surface area (Å²) < 4.78 is 4.78. The number of nitrogens with one attached hydrogen (secondary N) is 1. The fourth-order valence-corrected chi connectivity index (χ4v) is 2.21. The Kier molecular flexibility index (Phi) is 5.53. The number of carbonyl (C=O) groups excluding carboxylic acids is 1. The molecule has 1 atom stereocenters. The molecule has 0 amide bonds. The van der Waals surface area contributed by atoms with Crippen LogP contribution in [0.3, 0.4) is 0 Å². The van der Waals surface area contributed by atoms with E-state index in [0.29, 0.717) is 6.04 Å². The van der Waals surface area contributed by atoms with Gasteiger partial charge in [0.1, 0.15) is 6.04 Å². The van der Waals surface area contributed by atoms with E-state index in [2.05, 4.69) is 11.9 Å². The van der Waals surface area contributed by atoms with E-state index in [0.717, 1.165) is 18.4 Å². The van der Waals surface area contributed by atoms with Gasteiger partial charge in [-0.15, -0.1) is 0 Å². The Bertz CT molecular complexity index is 242. The molecule has 0 aromatic carbocycles. The number of hydrogen-bond donors (Lipinski definition) is 1. The molecule has 1 aliphatic rings. The quantitative estimate of drug-likeness (QED) is 0.453. The van der Waals surface area contributed by atoms with Gasteiger partial charge in [-0.3, -0.25) is 10.1 Å². The van der Waals surface area contributed by atoms with Crippen LogP contribution in [0.1, 0.15) is 45.4 Å². The average Bonchev–Trinajstić information content (AvgIpc) is 2.52. The molecule has 0 aromatic heterocycles. The Morgan fingerprint density at radius 3 is 2.31 bits per heavy atom. The number of ether oxygens (including phenoxy) is 1. The predicted octanol–water partition coefficient (Wildman–Crippen LogP) is 2.42. The summed E-state index contributed by atoms with van der Waals surface area (Å²) in [4.78, 5) is 11.6. The van der Waals surface area contributed by atoms with E-state index < -0.39 is 0 Å². The first-order valence-corrected chi connectivity index (χ1v) is 6.14. The number of carbonyl (C=O) groups is 1. The summed E-state index contributed by atoms with van der Waals surface area (Å²) in [5, 5.41) is 3.37. The molecule has 16 heavy (non-hydrogen) atoms. The minimum Gasteiger partial charge on any atom is -0.468 e. The van der Waals surface area contributed by atoms with Crippen LogP contribution < -0.4 is 5.32 Å². The third kappa shape index (κ3) is 3.97. The smallest absolute Gasteiger partial charge is 0.327 e. The first-order chi connectivity index (χ1) is 7.65. The first kappa shape index (κ1) is 13.2. The van der Waals surface area contributed by atoms with Gasteiger partial charge in [0.15, 0.2) is 0 Å². The van der Waals surface area contributed by atoms with Gasteiger partial charge in [-0.1, -0.05) is 37.8 Å². The molecule has 1 saturated carbocycles. The summed E-state index contributed by atoms with van der Waals surface area (Å²) in [6.07, 6.45) is 7.44. The van der Waals surface area contributed by atoms with Crippen LogP contribution >= 0.6 is 0 Å². The van der Waals surface area contributed by atoms with Gasteiger partial charge in [-0.2, -0.15) is 0 Å². The molecule has 92 valence electrons. The monoisotopic (exact) mass is 225 g/mol. The number of rotatable bonds is 4. The molecule has 1 fully saturated rings. The van der Waals surface area contributed by atoms with Crippen molar-refractivity contribution in [1.82, 2.24) is 5.32 Å². The van der Waals surface area contributed by atoms with E-state index in [1.165, 1.54) is 32.8 Å². The van der Waals surface area contributed by atoms with Gasteiger partial charge in [0.2, 0.25) is 0 Å². The van der Waals surface area contributed by atoms with Crippen molar-refractivity contribution in [3.05, 3.63) is 12.2 Å². The third-order valence-corrected chi connectivity index (χ3v) is 3.19. The Balaban J connectivity index is 2.52. The summed E-state index contributed by atoms with van der Waals surface area (Å²) >= 11 is 0. The second-order valence-corrected chi connectivity index (χ2v) is 4.66. The van der Waals surface area contributed by atoms with E-state index in [4.69, 9.17) is 4.74 Å². The van der Waals surface area contributed by atoms with Gasteiger partial charge in [-0.05, 0) is 19.8 Å². The van der Waals surface area contributed by atoms with Crippen LogP contribution in [0.4, 0.5) is 0 Å². The highest BCUT2D eigenvalue weighted by molar-refractivity contribution is 5.79. The molecule has 0 radical (unpaired) electrons. The molecule has 3 nitrogen and oxygen atoms in total. The standard InChI is InChI=1S/C13H23NO2/c1-10(2)12(13(15)16-3)14-11-8-6-4-5-7-9-11/h11-12,14H,1,4-9H2,2-3H3. The molecular formula is C13H23NO2. The van der Waals surface area contributed by atoms with E-state index in [1.807, 2.05) is 6.92 Å². The van der Waals surface area contributed by atoms with Crippen molar-refractivity contribution in [1.29, 1.82) is 0 Å². The summed E-state index contributed by atoms with van der Waals surface area (Å²) in [6.45, 7) is 5.72. The van der Waals surface area contributed by atoms with E-state index in [-0.39, 0.29) is 12.0 Å². The zero-order valence-corrected chi connectivity index (χ0v) is 10.4. The lowest BCUT2D eigenvalue weighted by Crippen LogP contribution is -2.44. The number of esters is 1. The van der Waals surface area contributed by atoms with Crippen LogP contribution in [0.5, 0.6) is 0 Å². The molecule has 0 saturated heterocycles. The lowest BCUT2D eigenvalue weighted by Gasteiger charge is -2.23. The minimum absolute atomic E-state index is 0.225. The molecule has 0 bridgehead atoms. The van der Waals surface area contributed by atoms with Crippen molar-refractivity contribution in [2.75, 3.05) is 7.11 Å². The van der Waals surface area contributed by atoms with Gasteiger partial charge in [0.25, 0.3) is 0 Å². The van der Waals surface area contributed by atoms with Crippen LogP contribution in [0.2, 0.25) is 0 Å². The van der Waals surface area contributed by atoms with Crippen LogP contribution in [0.15, 0.2) is 12.2 Å². The molecule has 0 aliphatic heterocycles. The zero-order valence-electron chi connectivity index (χ0n) is 10.4. The van der Waals surface area contributed by atoms with Gasteiger partial charge >= 0.3 is 5.97 Å². The number of methoxy groups -OCH3 is 1. The van der Waals surface area contributed by atoms with Crippen LogP contribution in [-0.2, 0) is 9.53 Å². The van der Waals surface area contributed by atoms with E-state index in [1.54, 1.807) is 0 Å². The summed E-state index contributed by atoms with van der Waals surface area (Å²) in [5.41, 5.74) is 0.830. The lowest BCUT2D eigenvalue weighted by molar-refractivity contribution is -0.142. The molecule has 3 heteroatoms. The molecule has 0 spiro atoms. The van der Waals surface area contributed by atoms with Crippen molar-refractivity contribution >= 4 is 5.97 Å². The van der Waals surface area contributed by atoms with Crippen molar-refractivity contribution in [3.8, 4) is 0 Å². The second-order valence-electron chi connectivity index (χ2n) is 4.66. The first-order valence-electron chi connectivity index (χ1n) is 6.14. The molecule has 0 aromatic rings. The molecule has 1 N–H and O–H groups in total. The Morgan fingerprint density at radius 1 is 1.31 bits per heavy atom. The maximum Gasteiger partial charge on any atom is 0.327 e. The topological polar surface area (TPSA) is 38.3 Å². The van der Waals surface area contributed by atoms with Crippen molar-refractivity contribution in [3.63, 3.8) is 0 Å².